The highest BCUT2D eigenvalue weighted by Gasteiger charge is 2.32. The van der Waals surface area contributed by atoms with Crippen LogP contribution < -0.4 is 43.8 Å². The third kappa shape index (κ3) is 14.6. The third-order valence-electron chi connectivity index (χ3n) is 8.87. The molecular weight excluding hydrogens is 777 g/mol. The van der Waals surface area contributed by atoms with Gasteiger partial charge in [0.25, 0.3) is 0 Å². The number of para-hydroxylation sites is 1. The number of aliphatic carboxylic acids is 2. The molecule has 1 aromatic heterocycles. The number of hydrogen-bond acceptors (Lipinski definition) is 11. The highest BCUT2D eigenvalue weighted by molar-refractivity contribution is 7.80. The van der Waals surface area contributed by atoms with Crippen molar-refractivity contribution in [2.24, 2.45) is 22.2 Å². The number of guanidine groups is 1. The number of phenolic OH excluding ortho intramolecular Hbond substituents is 1. The number of carboxylic acids is 2. The van der Waals surface area contributed by atoms with Crippen LogP contribution in [0.2, 0.25) is 0 Å². The molecule has 0 saturated carbocycles. The number of aromatic nitrogens is 1. The number of nitrogens with two attached hydrogens (primary N) is 3. The molecule has 314 valence electrons. The largest absolute Gasteiger partial charge is 0.508 e. The molecular formula is C37H50N10O10S. The Balaban J connectivity index is 1.90. The maximum Gasteiger partial charge on any atom is 0.327 e. The van der Waals surface area contributed by atoms with Crippen LogP contribution in [0.25, 0.3) is 10.9 Å². The van der Waals surface area contributed by atoms with E-state index in [2.05, 4.69) is 49.2 Å². The molecule has 0 aliphatic heterocycles. The second-order valence-electron chi connectivity index (χ2n) is 13.4. The van der Waals surface area contributed by atoms with E-state index in [4.69, 9.17) is 17.2 Å². The topological polar surface area (TPSA) is 347 Å². The van der Waals surface area contributed by atoms with E-state index in [1.54, 1.807) is 42.6 Å². The maximum atomic E-state index is 14.1. The van der Waals surface area contributed by atoms with Crippen LogP contribution in [0.3, 0.4) is 0 Å². The number of carbonyl (C=O) groups is 7. The van der Waals surface area contributed by atoms with Crippen molar-refractivity contribution in [3.8, 4) is 5.75 Å². The normalized spacial score (nSPS) is 14.1. The Labute approximate surface area is 338 Å². The average Bonchev–Trinajstić information content (AvgIpc) is 3.58. The minimum Gasteiger partial charge on any atom is -0.508 e. The maximum absolute atomic E-state index is 14.1. The van der Waals surface area contributed by atoms with Crippen LogP contribution in [-0.4, -0.2) is 116 Å². The zero-order chi connectivity index (χ0) is 42.9. The van der Waals surface area contributed by atoms with Gasteiger partial charge >= 0.3 is 11.9 Å². The van der Waals surface area contributed by atoms with E-state index >= 15 is 0 Å². The zero-order valence-corrected chi connectivity index (χ0v) is 32.5. The number of phenols is 1. The number of aliphatic imine (C=N–C) groups is 1. The minimum absolute atomic E-state index is 0.00125. The lowest BCUT2D eigenvalue weighted by molar-refractivity contribution is -0.141. The summed E-state index contributed by atoms with van der Waals surface area (Å²) in [5.41, 5.74) is 19.0. The summed E-state index contributed by atoms with van der Waals surface area (Å²) in [5, 5.41) is 41.4. The van der Waals surface area contributed by atoms with Gasteiger partial charge in [0, 0.05) is 42.2 Å². The number of rotatable bonds is 23. The number of benzene rings is 2. The Morgan fingerprint density at radius 3 is 1.98 bits per heavy atom. The fourth-order valence-electron chi connectivity index (χ4n) is 5.70. The van der Waals surface area contributed by atoms with Crippen LogP contribution >= 0.6 is 12.6 Å². The van der Waals surface area contributed by atoms with E-state index in [1.807, 2.05) is 0 Å². The summed E-state index contributed by atoms with van der Waals surface area (Å²) in [6.45, 7) is 1.36. The Morgan fingerprint density at radius 2 is 1.34 bits per heavy atom. The lowest BCUT2D eigenvalue weighted by Gasteiger charge is -2.26. The molecule has 0 radical (unpaired) electrons. The molecule has 0 aliphatic carbocycles. The number of carboxylic acid groups (broad SMARTS) is 2. The molecule has 0 saturated heterocycles. The van der Waals surface area contributed by atoms with Crippen molar-refractivity contribution in [2.75, 3.05) is 12.3 Å². The van der Waals surface area contributed by atoms with Gasteiger partial charge in [-0.3, -0.25) is 33.8 Å². The van der Waals surface area contributed by atoms with E-state index in [0.29, 0.717) is 11.1 Å². The SMILES string of the molecule is C[C@H](NC(=O)[C@H](CCC(=O)O)NC(=O)[C@H](Cc1c[nH]c2ccccc12)NC(=O)[C@H](CCCN=C(N)N)NC(=O)[C@@H](N)Cc1ccc(O)cc1)C(=O)N[C@H](CS)C(=O)O. The van der Waals surface area contributed by atoms with Gasteiger partial charge in [-0.05, 0) is 61.9 Å². The number of hydrogen-bond donors (Lipinski definition) is 13. The Kier molecular flexibility index (Phi) is 17.8. The predicted octanol–water partition coefficient (Wildman–Crippen LogP) is -1.64. The number of aromatic hydroxyl groups is 1. The number of nitrogens with zero attached hydrogens (tertiary/aromatic N) is 1. The van der Waals surface area contributed by atoms with E-state index in [1.165, 1.54) is 19.1 Å². The van der Waals surface area contributed by atoms with Crippen LogP contribution in [0.5, 0.6) is 5.75 Å². The molecule has 21 heteroatoms. The molecule has 0 unspecified atom stereocenters. The van der Waals surface area contributed by atoms with Crippen molar-refractivity contribution in [1.29, 1.82) is 0 Å². The minimum atomic E-state index is -1.53. The third-order valence-corrected chi connectivity index (χ3v) is 9.23. The first-order valence-corrected chi connectivity index (χ1v) is 18.8. The lowest BCUT2D eigenvalue weighted by atomic mass is 10.0. The van der Waals surface area contributed by atoms with Crippen molar-refractivity contribution < 1.29 is 48.9 Å². The molecule has 0 bridgehead atoms. The molecule has 1 heterocycles. The number of thiol groups is 1. The Bertz CT molecular complexity index is 1950. The molecule has 3 rings (SSSR count). The van der Waals surface area contributed by atoms with E-state index < -0.39 is 90.6 Å². The smallest absolute Gasteiger partial charge is 0.327 e. The molecule has 2 aromatic carbocycles. The fraction of sp³-hybridized carbons (Fsp3) is 0.405. The Morgan fingerprint density at radius 1 is 0.759 bits per heavy atom. The van der Waals surface area contributed by atoms with Gasteiger partial charge in [0.2, 0.25) is 29.5 Å². The number of H-pyrrole nitrogens is 1. The van der Waals surface area contributed by atoms with Gasteiger partial charge < -0.3 is 64.1 Å². The van der Waals surface area contributed by atoms with Crippen LogP contribution in [0.4, 0.5) is 0 Å². The summed E-state index contributed by atoms with van der Waals surface area (Å²) in [7, 11) is 0. The summed E-state index contributed by atoms with van der Waals surface area (Å²) < 4.78 is 0. The summed E-state index contributed by atoms with van der Waals surface area (Å²) in [4.78, 5) is 97.5. The van der Waals surface area contributed by atoms with E-state index in [-0.39, 0.29) is 49.7 Å². The molecule has 58 heavy (non-hydrogen) atoms. The summed E-state index contributed by atoms with van der Waals surface area (Å²) in [5.74, 6) is -7.28. The van der Waals surface area contributed by atoms with Gasteiger partial charge in [-0.2, -0.15) is 12.6 Å². The molecule has 6 atom stereocenters. The first-order valence-electron chi connectivity index (χ1n) is 18.2. The number of fused-ring (bicyclic) bond motifs is 1. The van der Waals surface area contributed by atoms with Gasteiger partial charge in [0.05, 0.1) is 6.04 Å². The van der Waals surface area contributed by atoms with Crippen LogP contribution in [0.15, 0.2) is 59.7 Å². The average molecular weight is 827 g/mol. The molecule has 0 spiro atoms. The van der Waals surface area contributed by atoms with Crippen molar-refractivity contribution in [3.05, 3.63) is 65.9 Å². The first-order chi connectivity index (χ1) is 27.5. The second kappa shape index (κ2) is 22.4. The highest BCUT2D eigenvalue weighted by atomic mass is 32.1. The quantitative estimate of drug-likeness (QED) is 0.0221. The van der Waals surface area contributed by atoms with Gasteiger partial charge in [-0.25, -0.2) is 4.79 Å². The van der Waals surface area contributed by atoms with Crippen LogP contribution in [-0.2, 0) is 46.4 Å². The van der Waals surface area contributed by atoms with E-state index in [0.717, 1.165) is 10.9 Å². The molecule has 3 aromatic rings. The number of carbonyl (C=O) groups excluding carboxylic acids is 5. The van der Waals surface area contributed by atoms with Crippen molar-refractivity contribution >= 4 is 71.0 Å². The second-order valence-corrected chi connectivity index (χ2v) is 13.8. The predicted molar refractivity (Wildman–Crippen MR) is 215 cm³/mol. The van der Waals surface area contributed by atoms with Gasteiger partial charge in [-0.1, -0.05) is 30.3 Å². The lowest BCUT2D eigenvalue weighted by Crippen LogP contribution is -2.59. The summed E-state index contributed by atoms with van der Waals surface area (Å²) >= 11 is 3.90. The van der Waals surface area contributed by atoms with Crippen LogP contribution in [0, 0.1) is 0 Å². The number of aromatic amines is 1. The van der Waals surface area contributed by atoms with Crippen molar-refractivity contribution in [1.82, 2.24) is 31.6 Å². The van der Waals surface area contributed by atoms with E-state index in [9.17, 15) is 48.9 Å². The van der Waals surface area contributed by atoms with Gasteiger partial charge in [0.1, 0.15) is 36.0 Å². The van der Waals surface area contributed by atoms with Crippen molar-refractivity contribution in [2.45, 2.75) is 81.7 Å². The molecule has 5 amide bonds. The molecule has 0 fully saturated rings. The standard InChI is InChI=1S/C37H50N10O10S/c1-19(31(51)47-29(18-58)36(56)57)43-33(53)27(12-13-30(49)50)45-35(55)28(16-21-17-42-25-6-3-2-5-23(21)25)46-34(54)26(7-4-14-41-37(39)40)44-32(52)24(38)15-20-8-10-22(48)11-9-20/h2-3,5-6,8-11,17,19,24,26-29,42,48,58H,4,7,12-16,18,38H2,1H3,(H,43,53)(H,44,52)(H,45,55)(H,46,54)(H,47,51)(H,49,50)(H,56,57)(H4,39,40,41)/t19-,24-,26-,27-,28-,29+/m0/s1. The monoisotopic (exact) mass is 826 g/mol. The van der Waals surface area contributed by atoms with Crippen molar-refractivity contribution in [3.63, 3.8) is 0 Å². The van der Waals surface area contributed by atoms with Crippen LogP contribution in [0.1, 0.15) is 43.7 Å². The first kappa shape index (κ1) is 46.0. The summed E-state index contributed by atoms with van der Waals surface area (Å²) in [6.07, 6.45) is 0.782. The van der Waals surface area contributed by atoms with Gasteiger partial charge in [0.15, 0.2) is 5.96 Å². The Hall–Kier alpha value is -6.35. The molecule has 20 nitrogen and oxygen atoms in total. The number of nitrogens with one attached hydrogen (secondary N) is 6. The molecule has 15 N–H and O–H groups in total. The summed E-state index contributed by atoms with van der Waals surface area (Å²) in [6, 6.07) is 5.22. The zero-order valence-electron chi connectivity index (χ0n) is 31.6. The number of amides is 5. The molecule has 0 aliphatic rings. The van der Waals surface area contributed by atoms with Gasteiger partial charge in [-0.15, -0.1) is 0 Å². The fourth-order valence-corrected chi connectivity index (χ4v) is 5.95. The highest BCUT2D eigenvalue weighted by Crippen LogP contribution is 2.20.